The van der Waals surface area contributed by atoms with Crippen LogP contribution in [0.2, 0.25) is 0 Å². The molecule has 0 saturated carbocycles. The van der Waals surface area contributed by atoms with Crippen LogP contribution < -0.4 is 10.1 Å². The van der Waals surface area contributed by atoms with E-state index in [1.54, 1.807) is 26.8 Å². The first-order valence-corrected chi connectivity index (χ1v) is 5.57. The van der Waals surface area contributed by atoms with E-state index in [-0.39, 0.29) is 17.5 Å². The lowest BCUT2D eigenvalue weighted by molar-refractivity contribution is -0.385. The largest absolute Gasteiger partial charge is 0.490 e. The maximum absolute atomic E-state index is 10.9. The van der Waals surface area contributed by atoms with E-state index in [4.69, 9.17) is 4.74 Å². The maximum Gasteiger partial charge on any atom is 0.312 e. The fourth-order valence-corrected chi connectivity index (χ4v) is 1.35. The molecule has 0 aliphatic heterocycles. The van der Waals surface area contributed by atoms with Crippen molar-refractivity contribution < 1.29 is 14.8 Å². The summed E-state index contributed by atoms with van der Waals surface area (Å²) in [4.78, 5) is 10.4. The van der Waals surface area contributed by atoms with Gasteiger partial charge in [0.25, 0.3) is 0 Å². The van der Waals surface area contributed by atoms with Gasteiger partial charge in [0.2, 0.25) is 0 Å². The molecule has 6 heteroatoms. The van der Waals surface area contributed by atoms with Crippen LogP contribution in [0.25, 0.3) is 0 Å². The average Bonchev–Trinajstić information content (AvgIpc) is 2.27. The van der Waals surface area contributed by atoms with E-state index in [2.05, 4.69) is 5.32 Å². The summed E-state index contributed by atoms with van der Waals surface area (Å²) in [6.45, 7) is 5.14. The highest BCUT2D eigenvalue weighted by molar-refractivity contribution is 5.58. The predicted octanol–water partition coefficient (Wildman–Crippen LogP) is 2.17. The molecule has 1 rings (SSSR count). The summed E-state index contributed by atoms with van der Waals surface area (Å²) >= 11 is 0. The number of aliphatic hydroxyl groups is 1. The van der Waals surface area contributed by atoms with Gasteiger partial charge in [0.05, 0.1) is 23.7 Å². The highest BCUT2D eigenvalue weighted by Gasteiger charge is 2.23. The van der Waals surface area contributed by atoms with Gasteiger partial charge in [-0.25, -0.2) is 0 Å². The standard InChI is InChI=1S/C12H18N2O4/c1-8(12(2,3)15)13-9-5-6-11(18-4)10(7-9)14(16)17/h5-8,13,15H,1-4H3. The fraction of sp³-hybridized carbons (Fsp3) is 0.500. The summed E-state index contributed by atoms with van der Waals surface area (Å²) in [6.07, 6.45) is 0. The Balaban J connectivity index is 2.99. The van der Waals surface area contributed by atoms with Crippen LogP contribution in [-0.4, -0.2) is 28.8 Å². The van der Waals surface area contributed by atoms with Crippen molar-refractivity contribution in [3.63, 3.8) is 0 Å². The Bertz CT molecular complexity index is 440. The summed E-state index contributed by atoms with van der Waals surface area (Å²) in [7, 11) is 1.38. The molecule has 100 valence electrons. The molecule has 0 aliphatic rings. The van der Waals surface area contributed by atoms with E-state index >= 15 is 0 Å². The fourth-order valence-electron chi connectivity index (χ4n) is 1.35. The van der Waals surface area contributed by atoms with Crippen molar-refractivity contribution in [1.82, 2.24) is 0 Å². The topological polar surface area (TPSA) is 84.6 Å². The summed E-state index contributed by atoms with van der Waals surface area (Å²) in [5.41, 5.74) is -0.461. The van der Waals surface area contributed by atoms with Gasteiger partial charge in [0.1, 0.15) is 0 Å². The maximum atomic E-state index is 10.9. The molecule has 0 fully saturated rings. The zero-order chi connectivity index (χ0) is 13.9. The Morgan fingerprint density at radius 1 is 1.50 bits per heavy atom. The van der Waals surface area contributed by atoms with Gasteiger partial charge in [-0.1, -0.05) is 0 Å². The van der Waals surface area contributed by atoms with E-state index in [9.17, 15) is 15.2 Å². The molecule has 1 aromatic rings. The van der Waals surface area contributed by atoms with Gasteiger partial charge in [-0.3, -0.25) is 10.1 Å². The lowest BCUT2D eigenvalue weighted by Gasteiger charge is -2.27. The van der Waals surface area contributed by atoms with Crippen LogP contribution in [0.5, 0.6) is 5.75 Å². The number of ether oxygens (including phenoxy) is 1. The normalized spacial score (nSPS) is 12.9. The first-order chi connectivity index (χ1) is 8.25. The van der Waals surface area contributed by atoms with Gasteiger partial charge in [-0.2, -0.15) is 0 Å². The van der Waals surface area contributed by atoms with E-state index in [0.717, 1.165) is 0 Å². The van der Waals surface area contributed by atoms with Crippen molar-refractivity contribution in [1.29, 1.82) is 0 Å². The second kappa shape index (κ2) is 5.22. The van der Waals surface area contributed by atoms with Gasteiger partial charge in [-0.15, -0.1) is 0 Å². The number of hydrogen-bond donors (Lipinski definition) is 2. The number of hydrogen-bond acceptors (Lipinski definition) is 5. The quantitative estimate of drug-likeness (QED) is 0.621. The van der Waals surface area contributed by atoms with E-state index in [1.807, 2.05) is 0 Å². The molecule has 1 aromatic carbocycles. The predicted molar refractivity (Wildman–Crippen MR) is 69.0 cm³/mol. The summed E-state index contributed by atoms with van der Waals surface area (Å²) < 4.78 is 4.92. The van der Waals surface area contributed by atoms with Crippen LogP contribution in [-0.2, 0) is 0 Å². The number of nitrogens with zero attached hydrogens (tertiary/aromatic N) is 1. The van der Waals surface area contributed by atoms with Crippen molar-refractivity contribution >= 4 is 11.4 Å². The molecule has 0 heterocycles. The van der Waals surface area contributed by atoms with Crippen molar-refractivity contribution in [2.24, 2.45) is 0 Å². The van der Waals surface area contributed by atoms with Crippen LogP contribution in [0.15, 0.2) is 18.2 Å². The second-order valence-electron chi connectivity index (χ2n) is 4.66. The first kappa shape index (κ1) is 14.2. The minimum atomic E-state index is -0.922. The Kier molecular flexibility index (Phi) is 4.13. The molecule has 6 nitrogen and oxygen atoms in total. The zero-order valence-electron chi connectivity index (χ0n) is 10.9. The number of benzene rings is 1. The molecule has 0 bridgehead atoms. The third kappa shape index (κ3) is 3.33. The zero-order valence-corrected chi connectivity index (χ0v) is 10.9. The highest BCUT2D eigenvalue weighted by Crippen LogP contribution is 2.30. The molecule has 0 saturated heterocycles. The van der Waals surface area contributed by atoms with Crippen LogP contribution >= 0.6 is 0 Å². The minimum absolute atomic E-state index is 0.106. The number of methoxy groups -OCH3 is 1. The molecule has 1 atom stereocenters. The number of nitrogens with one attached hydrogen (secondary N) is 1. The van der Waals surface area contributed by atoms with E-state index in [1.165, 1.54) is 19.2 Å². The summed E-state index contributed by atoms with van der Waals surface area (Å²) in [5.74, 6) is 0.210. The number of nitro groups is 1. The number of nitro benzene ring substituents is 1. The lowest BCUT2D eigenvalue weighted by Crippen LogP contribution is -2.39. The van der Waals surface area contributed by atoms with Crippen molar-refractivity contribution in [3.05, 3.63) is 28.3 Å². The third-order valence-corrected chi connectivity index (χ3v) is 2.82. The van der Waals surface area contributed by atoms with Gasteiger partial charge in [-0.05, 0) is 32.9 Å². The molecule has 0 radical (unpaired) electrons. The SMILES string of the molecule is COc1ccc(NC(C)C(C)(C)O)cc1[N+](=O)[O-]. The monoisotopic (exact) mass is 254 g/mol. The molecular formula is C12H18N2O4. The average molecular weight is 254 g/mol. The smallest absolute Gasteiger partial charge is 0.312 e. The summed E-state index contributed by atoms with van der Waals surface area (Å²) in [5, 5.41) is 23.7. The highest BCUT2D eigenvalue weighted by atomic mass is 16.6. The van der Waals surface area contributed by atoms with Crippen molar-refractivity contribution in [3.8, 4) is 5.75 Å². The summed E-state index contributed by atoms with van der Waals surface area (Å²) in [6, 6.07) is 4.35. The molecule has 18 heavy (non-hydrogen) atoms. The molecule has 2 N–H and O–H groups in total. The van der Waals surface area contributed by atoms with Crippen LogP contribution in [0, 0.1) is 10.1 Å². The van der Waals surface area contributed by atoms with Crippen molar-refractivity contribution in [2.45, 2.75) is 32.4 Å². The second-order valence-corrected chi connectivity index (χ2v) is 4.66. The Morgan fingerprint density at radius 2 is 2.11 bits per heavy atom. The lowest BCUT2D eigenvalue weighted by atomic mass is 10.0. The number of anilines is 1. The van der Waals surface area contributed by atoms with E-state index < -0.39 is 10.5 Å². The van der Waals surface area contributed by atoms with Crippen LogP contribution in [0.4, 0.5) is 11.4 Å². The Labute approximate surface area is 106 Å². The van der Waals surface area contributed by atoms with Crippen LogP contribution in [0.3, 0.4) is 0 Å². The van der Waals surface area contributed by atoms with Gasteiger partial charge in [0, 0.05) is 11.8 Å². The molecular weight excluding hydrogens is 236 g/mol. The van der Waals surface area contributed by atoms with Gasteiger partial charge >= 0.3 is 5.69 Å². The molecule has 0 spiro atoms. The van der Waals surface area contributed by atoms with Crippen LogP contribution in [0.1, 0.15) is 20.8 Å². The third-order valence-electron chi connectivity index (χ3n) is 2.82. The minimum Gasteiger partial charge on any atom is -0.490 e. The first-order valence-electron chi connectivity index (χ1n) is 5.57. The molecule has 0 amide bonds. The number of rotatable bonds is 5. The van der Waals surface area contributed by atoms with Crippen molar-refractivity contribution in [2.75, 3.05) is 12.4 Å². The van der Waals surface area contributed by atoms with Gasteiger partial charge < -0.3 is 15.2 Å². The molecule has 0 aliphatic carbocycles. The van der Waals surface area contributed by atoms with E-state index in [0.29, 0.717) is 5.69 Å². The van der Waals surface area contributed by atoms with Gasteiger partial charge in [0.15, 0.2) is 5.75 Å². The molecule has 1 unspecified atom stereocenters. The Hall–Kier alpha value is -1.82. The Morgan fingerprint density at radius 3 is 2.56 bits per heavy atom. The molecule has 0 aromatic heterocycles.